The highest BCUT2D eigenvalue weighted by Gasteiger charge is 2.00. The third-order valence-corrected chi connectivity index (χ3v) is 4.22. The Kier molecular flexibility index (Phi) is 4.04. The zero-order valence-corrected chi connectivity index (χ0v) is 12.4. The van der Waals surface area contributed by atoms with E-state index in [0.717, 1.165) is 23.8 Å². The van der Waals surface area contributed by atoms with Crippen LogP contribution in [0.2, 0.25) is 5.02 Å². The molecule has 1 N–H and O–H groups in total. The first kappa shape index (κ1) is 13.2. The van der Waals surface area contributed by atoms with Crippen LogP contribution in [0.5, 0.6) is 0 Å². The van der Waals surface area contributed by atoms with Gasteiger partial charge in [0.2, 0.25) is 0 Å². The Bertz CT molecular complexity index is 676. The fourth-order valence-electron chi connectivity index (χ4n) is 2.01. The van der Waals surface area contributed by atoms with E-state index in [1.54, 1.807) is 17.5 Å². The van der Waals surface area contributed by atoms with Gasteiger partial charge in [-0.15, -0.1) is 11.3 Å². The van der Waals surface area contributed by atoms with E-state index in [0.29, 0.717) is 0 Å². The van der Waals surface area contributed by atoms with Gasteiger partial charge in [-0.05, 0) is 23.8 Å². The number of hydrogen-bond donors (Lipinski definition) is 1. The number of imidazole rings is 1. The van der Waals surface area contributed by atoms with E-state index in [9.17, 15) is 0 Å². The minimum absolute atomic E-state index is 0.798. The maximum Gasteiger partial charge on any atom is 0.0949 e. The molecule has 0 spiro atoms. The van der Waals surface area contributed by atoms with Crippen LogP contribution < -0.4 is 5.32 Å². The Hall–Kier alpha value is -1.78. The summed E-state index contributed by atoms with van der Waals surface area (Å²) in [4.78, 5) is 5.29. The van der Waals surface area contributed by atoms with E-state index < -0.39 is 0 Å². The Morgan fingerprint density at radius 2 is 2.25 bits per heavy atom. The van der Waals surface area contributed by atoms with E-state index in [4.69, 9.17) is 11.6 Å². The van der Waals surface area contributed by atoms with Gasteiger partial charge >= 0.3 is 0 Å². The number of anilines is 1. The van der Waals surface area contributed by atoms with Crippen molar-refractivity contribution in [3.05, 3.63) is 69.9 Å². The monoisotopic (exact) mass is 303 g/mol. The van der Waals surface area contributed by atoms with Crippen LogP contribution in [0.15, 0.2) is 54.4 Å². The molecule has 0 aliphatic heterocycles. The lowest BCUT2D eigenvalue weighted by atomic mass is 10.2. The fraction of sp³-hybridized carbons (Fsp3) is 0.133. The predicted molar refractivity (Wildman–Crippen MR) is 84.4 cm³/mol. The number of aromatic nitrogens is 2. The summed E-state index contributed by atoms with van der Waals surface area (Å²) in [6, 6.07) is 10.4. The van der Waals surface area contributed by atoms with E-state index in [1.165, 1.54) is 10.4 Å². The fourth-order valence-corrected chi connectivity index (χ4v) is 3.02. The van der Waals surface area contributed by atoms with Gasteiger partial charge in [-0.2, -0.15) is 0 Å². The summed E-state index contributed by atoms with van der Waals surface area (Å²) in [6.45, 7) is 1.63. The smallest absolute Gasteiger partial charge is 0.0949 e. The highest BCUT2D eigenvalue weighted by Crippen LogP contribution is 2.20. The predicted octanol–water partition coefficient (Wildman–Crippen LogP) is 4.26. The molecule has 0 unspecified atom stereocenters. The molecule has 3 rings (SSSR count). The summed E-state index contributed by atoms with van der Waals surface area (Å²) >= 11 is 7.59. The third kappa shape index (κ3) is 3.40. The molecule has 0 atom stereocenters. The van der Waals surface area contributed by atoms with E-state index in [1.807, 2.05) is 24.0 Å². The van der Waals surface area contributed by atoms with Crippen LogP contribution in [0, 0.1) is 0 Å². The molecule has 3 nitrogen and oxygen atoms in total. The van der Waals surface area contributed by atoms with Gasteiger partial charge in [-0.25, -0.2) is 4.98 Å². The lowest BCUT2D eigenvalue weighted by molar-refractivity contribution is 0.797. The summed E-state index contributed by atoms with van der Waals surface area (Å²) < 4.78 is 2.05. The largest absolute Gasteiger partial charge is 0.380 e. The molecule has 0 amide bonds. The van der Waals surface area contributed by atoms with Crippen LogP contribution in [0.1, 0.15) is 10.4 Å². The third-order valence-electron chi connectivity index (χ3n) is 2.94. The van der Waals surface area contributed by atoms with Gasteiger partial charge in [0.1, 0.15) is 0 Å². The zero-order chi connectivity index (χ0) is 13.8. The van der Waals surface area contributed by atoms with Crippen LogP contribution in [0.3, 0.4) is 0 Å². The topological polar surface area (TPSA) is 29.9 Å². The molecular formula is C15H14ClN3S. The normalized spacial score (nSPS) is 10.7. The molecule has 0 saturated carbocycles. The maximum atomic E-state index is 5.92. The summed E-state index contributed by atoms with van der Waals surface area (Å²) in [5, 5.41) is 6.18. The SMILES string of the molecule is Clc1csc(CNc2cccc(Cn3ccnc3)c2)c1. The van der Waals surface area contributed by atoms with Gasteiger partial charge in [-0.3, -0.25) is 0 Å². The van der Waals surface area contributed by atoms with Crippen LogP contribution in [-0.4, -0.2) is 9.55 Å². The van der Waals surface area contributed by atoms with Crippen LogP contribution in [0.4, 0.5) is 5.69 Å². The highest BCUT2D eigenvalue weighted by atomic mass is 35.5. The molecule has 3 aromatic rings. The van der Waals surface area contributed by atoms with E-state index in [-0.39, 0.29) is 0 Å². The quantitative estimate of drug-likeness (QED) is 0.763. The molecule has 0 saturated heterocycles. The molecule has 2 heterocycles. The van der Waals surface area contributed by atoms with Crippen LogP contribution in [-0.2, 0) is 13.1 Å². The van der Waals surface area contributed by atoms with Crippen molar-refractivity contribution in [3.8, 4) is 0 Å². The zero-order valence-electron chi connectivity index (χ0n) is 10.8. The molecule has 20 heavy (non-hydrogen) atoms. The van der Waals surface area contributed by atoms with Crippen molar-refractivity contribution in [1.82, 2.24) is 9.55 Å². The number of nitrogens with one attached hydrogen (secondary N) is 1. The van der Waals surface area contributed by atoms with Crippen molar-refractivity contribution in [1.29, 1.82) is 0 Å². The van der Waals surface area contributed by atoms with Gasteiger partial charge in [0.25, 0.3) is 0 Å². The Labute approximate surface area is 126 Å². The summed E-state index contributed by atoms with van der Waals surface area (Å²) in [7, 11) is 0. The maximum absolute atomic E-state index is 5.92. The second-order valence-electron chi connectivity index (χ2n) is 4.52. The molecule has 2 aromatic heterocycles. The molecule has 102 valence electrons. The van der Waals surface area contributed by atoms with Gasteiger partial charge in [0, 0.05) is 41.4 Å². The van der Waals surface area contributed by atoms with Crippen molar-refractivity contribution < 1.29 is 0 Å². The molecule has 0 bridgehead atoms. The van der Waals surface area contributed by atoms with Crippen molar-refractivity contribution in [2.45, 2.75) is 13.1 Å². The second kappa shape index (κ2) is 6.11. The van der Waals surface area contributed by atoms with Gasteiger partial charge < -0.3 is 9.88 Å². The first-order valence-corrected chi connectivity index (χ1v) is 7.57. The van der Waals surface area contributed by atoms with Crippen molar-refractivity contribution in [2.75, 3.05) is 5.32 Å². The van der Waals surface area contributed by atoms with Crippen LogP contribution in [0.25, 0.3) is 0 Å². The first-order chi connectivity index (χ1) is 9.79. The van der Waals surface area contributed by atoms with Crippen molar-refractivity contribution in [3.63, 3.8) is 0 Å². The van der Waals surface area contributed by atoms with Gasteiger partial charge in [-0.1, -0.05) is 23.7 Å². The molecule has 0 fully saturated rings. The highest BCUT2D eigenvalue weighted by molar-refractivity contribution is 7.10. The Morgan fingerprint density at radius 1 is 1.30 bits per heavy atom. The second-order valence-corrected chi connectivity index (χ2v) is 5.95. The van der Waals surface area contributed by atoms with E-state index in [2.05, 4.69) is 39.1 Å². The summed E-state index contributed by atoms with van der Waals surface area (Å²) in [5.74, 6) is 0. The Morgan fingerprint density at radius 3 is 3.00 bits per heavy atom. The van der Waals surface area contributed by atoms with Gasteiger partial charge in [0.15, 0.2) is 0 Å². The number of thiophene rings is 1. The molecule has 0 aliphatic rings. The molecular weight excluding hydrogens is 290 g/mol. The van der Waals surface area contributed by atoms with E-state index >= 15 is 0 Å². The first-order valence-electron chi connectivity index (χ1n) is 6.31. The molecule has 1 aromatic carbocycles. The molecule has 0 radical (unpaired) electrons. The van der Waals surface area contributed by atoms with Crippen molar-refractivity contribution >= 4 is 28.6 Å². The minimum Gasteiger partial charge on any atom is -0.380 e. The number of nitrogens with zero attached hydrogens (tertiary/aromatic N) is 2. The summed E-state index contributed by atoms with van der Waals surface area (Å²) in [6.07, 6.45) is 5.59. The minimum atomic E-state index is 0.798. The van der Waals surface area contributed by atoms with Gasteiger partial charge in [0.05, 0.1) is 11.3 Å². The number of halogens is 1. The standard InChI is InChI=1S/C15H14ClN3S/c16-13-7-15(20-10-13)8-18-14-3-1-2-12(6-14)9-19-5-4-17-11-19/h1-7,10-11,18H,8-9H2. The molecule has 0 aliphatic carbocycles. The lowest BCUT2D eigenvalue weighted by Gasteiger charge is -2.08. The molecule has 5 heteroatoms. The number of benzene rings is 1. The number of hydrogen-bond acceptors (Lipinski definition) is 3. The number of rotatable bonds is 5. The average molecular weight is 304 g/mol. The average Bonchev–Trinajstić information content (AvgIpc) is 3.09. The Balaban J connectivity index is 1.65. The summed E-state index contributed by atoms with van der Waals surface area (Å²) in [5.41, 5.74) is 2.37. The van der Waals surface area contributed by atoms with Crippen LogP contribution >= 0.6 is 22.9 Å². The lowest BCUT2D eigenvalue weighted by Crippen LogP contribution is -2.00. The van der Waals surface area contributed by atoms with Crippen molar-refractivity contribution in [2.24, 2.45) is 0 Å².